The van der Waals surface area contributed by atoms with Crippen molar-refractivity contribution in [3.05, 3.63) is 28.3 Å². The van der Waals surface area contributed by atoms with Gasteiger partial charge in [-0.3, -0.25) is 4.90 Å². The summed E-state index contributed by atoms with van der Waals surface area (Å²) in [5, 5.41) is 0.562. The van der Waals surface area contributed by atoms with E-state index in [-0.39, 0.29) is 5.97 Å². The summed E-state index contributed by atoms with van der Waals surface area (Å²) < 4.78 is 11.1. The summed E-state index contributed by atoms with van der Waals surface area (Å²) in [7, 11) is 0. The van der Waals surface area contributed by atoms with Gasteiger partial charge in [0.25, 0.3) is 0 Å². The monoisotopic (exact) mass is 323 g/mol. The Morgan fingerprint density at radius 1 is 1.23 bits per heavy atom. The average Bonchev–Trinajstić information content (AvgIpc) is 2.55. The molecule has 1 aromatic carbocycles. The Hall–Kier alpha value is -1.26. The molecular weight excluding hydrogens is 302 g/mol. The van der Waals surface area contributed by atoms with Crippen molar-refractivity contribution in [2.75, 3.05) is 32.8 Å². The summed E-state index contributed by atoms with van der Waals surface area (Å²) in [6.07, 6.45) is 5.64. The molecule has 1 aromatic rings. The summed E-state index contributed by atoms with van der Waals surface area (Å²) in [5.41, 5.74) is 1.46. The van der Waals surface area contributed by atoms with Gasteiger partial charge in [0.2, 0.25) is 0 Å². The number of carbonyl (C=O) groups is 1. The molecule has 0 bridgehead atoms. The lowest BCUT2D eigenvalue weighted by atomic mass is 10.0. The van der Waals surface area contributed by atoms with E-state index in [2.05, 4.69) is 4.90 Å². The van der Waals surface area contributed by atoms with Crippen molar-refractivity contribution >= 4 is 17.6 Å². The third kappa shape index (κ3) is 3.73. The molecule has 0 aromatic heterocycles. The van der Waals surface area contributed by atoms with Gasteiger partial charge >= 0.3 is 5.97 Å². The van der Waals surface area contributed by atoms with Gasteiger partial charge in [0.05, 0.1) is 6.61 Å². The third-order valence-corrected chi connectivity index (χ3v) is 4.49. The first-order chi connectivity index (χ1) is 10.7. The summed E-state index contributed by atoms with van der Waals surface area (Å²) in [4.78, 5) is 14.7. The molecule has 4 nitrogen and oxygen atoms in total. The van der Waals surface area contributed by atoms with Gasteiger partial charge in [-0.2, -0.15) is 0 Å². The molecule has 1 saturated heterocycles. The molecule has 22 heavy (non-hydrogen) atoms. The number of fused-ring (bicyclic) bond motifs is 1. The van der Waals surface area contributed by atoms with Gasteiger partial charge in [-0.1, -0.05) is 18.0 Å². The van der Waals surface area contributed by atoms with E-state index in [9.17, 15) is 4.79 Å². The van der Waals surface area contributed by atoms with Crippen LogP contribution in [0.5, 0.6) is 5.75 Å². The fourth-order valence-electron chi connectivity index (χ4n) is 3.12. The van der Waals surface area contributed by atoms with Gasteiger partial charge in [0, 0.05) is 11.6 Å². The van der Waals surface area contributed by atoms with Crippen molar-refractivity contribution in [2.45, 2.75) is 32.1 Å². The van der Waals surface area contributed by atoms with E-state index in [0.29, 0.717) is 29.5 Å². The minimum atomic E-state index is -0.336. The van der Waals surface area contributed by atoms with E-state index in [1.165, 1.54) is 19.3 Å². The van der Waals surface area contributed by atoms with Gasteiger partial charge in [0.1, 0.15) is 17.9 Å². The highest BCUT2D eigenvalue weighted by Crippen LogP contribution is 2.32. The van der Waals surface area contributed by atoms with Crippen molar-refractivity contribution in [2.24, 2.45) is 0 Å². The molecule has 0 atom stereocenters. The highest BCUT2D eigenvalue weighted by atomic mass is 35.5. The second kappa shape index (κ2) is 7.34. The minimum absolute atomic E-state index is 0.336. The number of benzene rings is 1. The topological polar surface area (TPSA) is 38.8 Å². The molecule has 120 valence electrons. The molecule has 0 amide bonds. The number of carbonyl (C=O) groups excluding carboxylic acids is 1. The predicted molar refractivity (Wildman–Crippen MR) is 85.8 cm³/mol. The molecule has 3 rings (SSSR count). The Bertz CT molecular complexity index is 541. The fraction of sp³-hybridized carbons (Fsp3) is 0.588. The van der Waals surface area contributed by atoms with Crippen molar-refractivity contribution in [1.29, 1.82) is 0 Å². The van der Waals surface area contributed by atoms with Crippen molar-refractivity contribution in [1.82, 2.24) is 4.90 Å². The third-order valence-electron chi connectivity index (χ3n) is 4.28. The first-order valence-electron chi connectivity index (χ1n) is 8.09. The maximum atomic E-state index is 12.3. The van der Waals surface area contributed by atoms with E-state index >= 15 is 0 Å². The quantitative estimate of drug-likeness (QED) is 0.797. The lowest BCUT2D eigenvalue weighted by molar-refractivity contribution is 0.0446. The largest absolute Gasteiger partial charge is 0.492 e. The number of esters is 1. The fourth-order valence-corrected chi connectivity index (χ4v) is 3.36. The Labute approximate surface area is 136 Å². The number of hydrogen-bond acceptors (Lipinski definition) is 4. The number of piperidine rings is 1. The van der Waals surface area contributed by atoms with Crippen molar-refractivity contribution in [3.63, 3.8) is 0 Å². The van der Waals surface area contributed by atoms with E-state index in [1.54, 1.807) is 6.07 Å². The van der Waals surface area contributed by atoms with Crippen LogP contribution in [0.2, 0.25) is 5.02 Å². The van der Waals surface area contributed by atoms with Crippen molar-refractivity contribution in [3.8, 4) is 5.75 Å². The van der Waals surface area contributed by atoms with Crippen LogP contribution in [0.1, 0.15) is 41.6 Å². The molecule has 0 unspecified atom stereocenters. The summed E-state index contributed by atoms with van der Waals surface area (Å²) >= 11 is 6.11. The maximum absolute atomic E-state index is 12.3. The zero-order valence-electron chi connectivity index (χ0n) is 12.8. The van der Waals surface area contributed by atoms with E-state index in [0.717, 1.165) is 38.0 Å². The highest BCUT2D eigenvalue weighted by Gasteiger charge is 2.22. The molecule has 2 aliphatic rings. The van der Waals surface area contributed by atoms with Crippen LogP contribution in [0.15, 0.2) is 12.1 Å². The van der Waals surface area contributed by atoms with Gasteiger partial charge in [-0.15, -0.1) is 0 Å². The van der Waals surface area contributed by atoms with E-state index in [1.807, 2.05) is 6.07 Å². The van der Waals surface area contributed by atoms with Crippen LogP contribution in [0.25, 0.3) is 0 Å². The first-order valence-corrected chi connectivity index (χ1v) is 8.46. The summed E-state index contributed by atoms with van der Waals surface area (Å²) in [5.74, 6) is 0.316. The van der Waals surface area contributed by atoms with Crippen LogP contribution in [-0.4, -0.2) is 43.7 Å². The second-order valence-electron chi connectivity index (χ2n) is 5.93. The lowest BCUT2D eigenvalue weighted by Gasteiger charge is -2.26. The maximum Gasteiger partial charge on any atom is 0.342 e. The molecule has 0 spiro atoms. The minimum Gasteiger partial charge on any atom is -0.492 e. The Morgan fingerprint density at radius 3 is 2.86 bits per heavy atom. The molecule has 0 aliphatic carbocycles. The molecule has 2 aliphatic heterocycles. The second-order valence-corrected chi connectivity index (χ2v) is 6.37. The summed E-state index contributed by atoms with van der Waals surface area (Å²) in [6, 6.07) is 3.52. The van der Waals surface area contributed by atoms with E-state index in [4.69, 9.17) is 21.1 Å². The zero-order chi connectivity index (χ0) is 15.4. The molecule has 5 heteroatoms. The van der Waals surface area contributed by atoms with Gasteiger partial charge in [-0.05, 0) is 56.5 Å². The molecule has 0 N–H and O–H groups in total. The number of rotatable bonds is 4. The normalized spacial score (nSPS) is 18.4. The first kappa shape index (κ1) is 15.6. The SMILES string of the molecule is O=C(OCCN1CCCCC1)c1cc(Cl)cc2c1OCCC2. The Morgan fingerprint density at radius 2 is 2.05 bits per heavy atom. The number of halogens is 1. The van der Waals surface area contributed by atoms with Gasteiger partial charge in [-0.25, -0.2) is 4.79 Å². The van der Waals surface area contributed by atoms with Crippen LogP contribution < -0.4 is 4.74 Å². The van der Waals surface area contributed by atoms with Gasteiger partial charge < -0.3 is 9.47 Å². The van der Waals surface area contributed by atoms with Crippen LogP contribution >= 0.6 is 11.6 Å². The van der Waals surface area contributed by atoms with Crippen LogP contribution in [-0.2, 0) is 11.2 Å². The standard InChI is InChI=1S/C17H22ClNO3/c18-14-11-13-5-4-9-21-16(13)15(12-14)17(20)22-10-8-19-6-2-1-3-7-19/h11-12H,1-10H2. The van der Waals surface area contributed by atoms with Gasteiger partial charge in [0.15, 0.2) is 0 Å². The average molecular weight is 324 g/mol. The molecular formula is C17H22ClNO3. The predicted octanol–water partition coefficient (Wildman–Crippen LogP) is 3.31. The smallest absolute Gasteiger partial charge is 0.342 e. The van der Waals surface area contributed by atoms with Crippen LogP contribution in [0.3, 0.4) is 0 Å². The number of nitrogens with zero attached hydrogens (tertiary/aromatic N) is 1. The van der Waals surface area contributed by atoms with Crippen LogP contribution in [0.4, 0.5) is 0 Å². The molecule has 0 saturated carbocycles. The highest BCUT2D eigenvalue weighted by molar-refractivity contribution is 6.31. The molecule has 2 heterocycles. The van der Waals surface area contributed by atoms with Crippen molar-refractivity contribution < 1.29 is 14.3 Å². The summed E-state index contributed by atoms with van der Waals surface area (Å²) in [6.45, 7) is 4.07. The van der Waals surface area contributed by atoms with E-state index < -0.39 is 0 Å². The molecule has 0 radical (unpaired) electrons. The zero-order valence-corrected chi connectivity index (χ0v) is 13.5. The number of hydrogen-bond donors (Lipinski definition) is 0. The lowest BCUT2D eigenvalue weighted by Crippen LogP contribution is -2.33. The number of ether oxygens (including phenoxy) is 2. The Balaban J connectivity index is 1.61. The molecule has 1 fully saturated rings. The Kier molecular flexibility index (Phi) is 5.21. The number of likely N-dealkylation sites (tertiary alicyclic amines) is 1. The number of aryl methyl sites for hydroxylation is 1. The van der Waals surface area contributed by atoms with Crippen LogP contribution in [0, 0.1) is 0 Å².